The van der Waals surface area contributed by atoms with Crippen LogP contribution in [0.1, 0.15) is 24.3 Å². The van der Waals surface area contributed by atoms with E-state index in [2.05, 4.69) is 10.3 Å². The SMILES string of the molecule is CC(C)C(NC(=O)c1cccc(=O)[nH]1)C(N)=S. The van der Waals surface area contributed by atoms with Crippen LogP contribution in [-0.4, -0.2) is 21.9 Å². The lowest BCUT2D eigenvalue weighted by Crippen LogP contribution is -2.47. The van der Waals surface area contributed by atoms with Gasteiger partial charge in [-0.2, -0.15) is 0 Å². The van der Waals surface area contributed by atoms with Crippen molar-refractivity contribution in [1.29, 1.82) is 0 Å². The van der Waals surface area contributed by atoms with E-state index in [9.17, 15) is 9.59 Å². The van der Waals surface area contributed by atoms with Gasteiger partial charge >= 0.3 is 0 Å². The van der Waals surface area contributed by atoms with Crippen LogP contribution >= 0.6 is 12.2 Å². The molecule has 1 heterocycles. The van der Waals surface area contributed by atoms with Gasteiger partial charge in [0.15, 0.2) is 0 Å². The van der Waals surface area contributed by atoms with Crippen LogP contribution < -0.4 is 16.6 Å². The molecule has 4 N–H and O–H groups in total. The van der Waals surface area contributed by atoms with Crippen LogP contribution in [0.3, 0.4) is 0 Å². The molecule has 1 aromatic heterocycles. The molecule has 0 saturated carbocycles. The summed E-state index contributed by atoms with van der Waals surface area (Å²) in [6.07, 6.45) is 0. The normalized spacial score (nSPS) is 12.2. The average Bonchev–Trinajstić information content (AvgIpc) is 2.24. The summed E-state index contributed by atoms with van der Waals surface area (Å²) < 4.78 is 0. The van der Waals surface area contributed by atoms with Crippen LogP contribution in [-0.2, 0) is 0 Å². The van der Waals surface area contributed by atoms with Crippen molar-refractivity contribution in [1.82, 2.24) is 10.3 Å². The Hall–Kier alpha value is -1.69. The Labute approximate surface area is 104 Å². The number of rotatable bonds is 4. The van der Waals surface area contributed by atoms with Gasteiger partial charge in [0.05, 0.1) is 11.0 Å². The second kappa shape index (κ2) is 5.58. The number of aromatic amines is 1. The van der Waals surface area contributed by atoms with Crippen molar-refractivity contribution in [3.8, 4) is 0 Å². The molecule has 5 nitrogen and oxygen atoms in total. The minimum atomic E-state index is -0.394. The van der Waals surface area contributed by atoms with Gasteiger partial charge in [0, 0.05) is 6.07 Å². The van der Waals surface area contributed by atoms with E-state index in [0.29, 0.717) is 0 Å². The van der Waals surface area contributed by atoms with Gasteiger partial charge in [-0.25, -0.2) is 0 Å². The van der Waals surface area contributed by atoms with Crippen LogP contribution in [0.15, 0.2) is 23.0 Å². The first-order valence-electron chi connectivity index (χ1n) is 5.21. The summed E-state index contributed by atoms with van der Waals surface area (Å²) in [5, 5.41) is 2.68. The summed E-state index contributed by atoms with van der Waals surface area (Å²) >= 11 is 4.88. The van der Waals surface area contributed by atoms with Crippen molar-refractivity contribution in [2.45, 2.75) is 19.9 Å². The molecule has 0 aliphatic heterocycles. The number of aromatic nitrogens is 1. The number of pyridine rings is 1. The molecular formula is C11H15N3O2S. The van der Waals surface area contributed by atoms with E-state index in [1.54, 1.807) is 0 Å². The predicted molar refractivity (Wildman–Crippen MR) is 69.9 cm³/mol. The molecule has 0 bridgehead atoms. The highest BCUT2D eigenvalue weighted by atomic mass is 32.1. The van der Waals surface area contributed by atoms with Gasteiger partial charge < -0.3 is 16.0 Å². The molecule has 1 aromatic rings. The minimum Gasteiger partial charge on any atom is -0.392 e. The van der Waals surface area contributed by atoms with Gasteiger partial charge in [0.2, 0.25) is 5.56 Å². The monoisotopic (exact) mass is 253 g/mol. The zero-order valence-corrected chi connectivity index (χ0v) is 10.5. The molecule has 0 spiro atoms. The quantitative estimate of drug-likeness (QED) is 0.678. The van der Waals surface area contributed by atoms with E-state index in [1.807, 2.05) is 13.8 Å². The lowest BCUT2D eigenvalue weighted by atomic mass is 10.0. The third-order valence-electron chi connectivity index (χ3n) is 2.27. The number of thiocarbonyl (C=S) groups is 1. The number of hydrogen-bond donors (Lipinski definition) is 3. The molecule has 0 aliphatic carbocycles. The maximum absolute atomic E-state index is 11.8. The van der Waals surface area contributed by atoms with Gasteiger partial charge in [-0.1, -0.05) is 32.1 Å². The molecule has 6 heteroatoms. The highest BCUT2D eigenvalue weighted by molar-refractivity contribution is 7.80. The standard InChI is InChI=1S/C11H15N3O2S/c1-6(2)9(10(12)17)14-11(16)7-4-3-5-8(15)13-7/h3-6,9H,1-2H3,(H2,12,17)(H,13,15)(H,14,16). The molecule has 0 aromatic carbocycles. The summed E-state index contributed by atoms with van der Waals surface area (Å²) in [6.45, 7) is 3.80. The van der Waals surface area contributed by atoms with Gasteiger partial charge in [-0.3, -0.25) is 9.59 Å². The predicted octanol–water partition coefficient (Wildman–Crippen LogP) is 0.415. The molecule has 17 heavy (non-hydrogen) atoms. The van der Waals surface area contributed by atoms with Crippen molar-refractivity contribution < 1.29 is 4.79 Å². The van der Waals surface area contributed by atoms with Gasteiger partial charge in [0.1, 0.15) is 5.69 Å². The number of nitrogens with one attached hydrogen (secondary N) is 2. The fourth-order valence-electron chi connectivity index (χ4n) is 1.37. The zero-order chi connectivity index (χ0) is 13.0. The van der Waals surface area contributed by atoms with Crippen molar-refractivity contribution >= 4 is 23.1 Å². The van der Waals surface area contributed by atoms with Crippen LogP contribution in [0.4, 0.5) is 0 Å². The Morgan fingerprint density at radius 3 is 2.59 bits per heavy atom. The van der Waals surface area contributed by atoms with Crippen LogP contribution in [0.25, 0.3) is 0 Å². The van der Waals surface area contributed by atoms with Crippen molar-refractivity contribution in [2.75, 3.05) is 0 Å². The highest BCUT2D eigenvalue weighted by Gasteiger charge is 2.19. The van der Waals surface area contributed by atoms with Crippen LogP contribution in [0.2, 0.25) is 0 Å². The smallest absolute Gasteiger partial charge is 0.268 e. The van der Waals surface area contributed by atoms with Gasteiger partial charge in [0.25, 0.3) is 5.91 Å². The molecule has 1 amide bonds. The molecule has 1 atom stereocenters. The summed E-state index contributed by atoms with van der Waals surface area (Å²) in [4.78, 5) is 25.5. The summed E-state index contributed by atoms with van der Waals surface area (Å²) in [6, 6.07) is 3.98. The van der Waals surface area contributed by atoms with Gasteiger partial charge in [-0.05, 0) is 12.0 Å². The molecule has 0 saturated heterocycles. The lowest BCUT2D eigenvalue weighted by molar-refractivity contribution is 0.0934. The largest absolute Gasteiger partial charge is 0.392 e. The Morgan fingerprint density at radius 1 is 1.47 bits per heavy atom. The molecule has 1 rings (SSSR count). The molecule has 0 fully saturated rings. The maximum Gasteiger partial charge on any atom is 0.268 e. The first-order chi connectivity index (χ1) is 7.91. The fraction of sp³-hybridized carbons (Fsp3) is 0.364. The topological polar surface area (TPSA) is 88.0 Å². The van der Waals surface area contributed by atoms with Crippen molar-refractivity contribution in [3.05, 3.63) is 34.2 Å². The maximum atomic E-state index is 11.8. The summed E-state index contributed by atoms with van der Waals surface area (Å²) in [7, 11) is 0. The highest BCUT2D eigenvalue weighted by Crippen LogP contribution is 2.03. The molecule has 92 valence electrons. The van der Waals surface area contributed by atoms with Crippen LogP contribution in [0.5, 0.6) is 0 Å². The van der Waals surface area contributed by atoms with E-state index in [0.717, 1.165) is 0 Å². The Kier molecular flexibility index (Phi) is 4.39. The second-order valence-electron chi connectivity index (χ2n) is 4.03. The van der Waals surface area contributed by atoms with Gasteiger partial charge in [-0.15, -0.1) is 0 Å². The molecule has 1 unspecified atom stereocenters. The molecular weight excluding hydrogens is 238 g/mol. The molecule has 0 radical (unpaired) electrons. The number of carbonyl (C=O) groups is 1. The summed E-state index contributed by atoms with van der Waals surface area (Å²) in [5.74, 6) is -0.305. The van der Waals surface area contributed by atoms with E-state index in [4.69, 9.17) is 18.0 Å². The Bertz CT molecular complexity index is 482. The number of H-pyrrole nitrogens is 1. The Morgan fingerprint density at radius 2 is 2.12 bits per heavy atom. The van der Waals surface area contributed by atoms with E-state index in [1.165, 1.54) is 18.2 Å². The second-order valence-corrected chi connectivity index (χ2v) is 4.50. The minimum absolute atomic E-state index is 0.0897. The average molecular weight is 253 g/mol. The number of carbonyl (C=O) groups excluding carboxylic acids is 1. The first-order valence-corrected chi connectivity index (χ1v) is 5.62. The van der Waals surface area contributed by atoms with E-state index >= 15 is 0 Å². The van der Waals surface area contributed by atoms with Crippen LogP contribution in [0, 0.1) is 5.92 Å². The lowest BCUT2D eigenvalue weighted by Gasteiger charge is -2.20. The van der Waals surface area contributed by atoms with Crippen molar-refractivity contribution in [3.63, 3.8) is 0 Å². The van der Waals surface area contributed by atoms with Crippen molar-refractivity contribution in [2.24, 2.45) is 11.7 Å². The number of amides is 1. The Balaban J connectivity index is 2.85. The third-order valence-corrected chi connectivity index (χ3v) is 2.53. The number of nitrogens with two attached hydrogens (primary N) is 1. The summed E-state index contributed by atoms with van der Waals surface area (Å²) in [5.41, 5.74) is 5.41. The first kappa shape index (κ1) is 13.4. The molecule has 0 aliphatic rings. The number of hydrogen-bond acceptors (Lipinski definition) is 3. The fourth-order valence-corrected chi connectivity index (χ4v) is 1.70. The van der Waals surface area contributed by atoms with E-state index in [-0.39, 0.29) is 28.2 Å². The third kappa shape index (κ3) is 3.67. The zero-order valence-electron chi connectivity index (χ0n) is 9.69. The van der Waals surface area contributed by atoms with E-state index < -0.39 is 5.91 Å².